The van der Waals surface area contributed by atoms with E-state index in [2.05, 4.69) is 25.3 Å². The second-order valence-electron chi connectivity index (χ2n) is 8.92. The molecule has 0 bridgehead atoms. The number of carbonyl (C=O) groups excluding carboxylic acids is 2. The van der Waals surface area contributed by atoms with Crippen molar-refractivity contribution in [2.45, 2.75) is 31.5 Å². The molecule has 2 N–H and O–H groups in total. The molecule has 4 rings (SSSR count). The molecule has 1 aromatic heterocycles. The number of benzene rings is 2. The number of anilines is 2. The molecule has 0 saturated carbocycles. The van der Waals surface area contributed by atoms with E-state index in [-0.39, 0.29) is 23.8 Å². The fraction of sp³-hybridized carbons (Fsp3) is 0.360. The van der Waals surface area contributed by atoms with E-state index in [0.717, 1.165) is 24.9 Å². The third-order valence-electron chi connectivity index (χ3n) is 6.10. The number of hydrogen-bond donors (Lipinski definition) is 2. The van der Waals surface area contributed by atoms with Crippen molar-refractivity contribution in [2.75, 3.05) is 37.4 Å². The SMILES string of the molecule is CN(C)c1ccc(C(=O)NCC2CCCCN2C(=O)Nc2ccc(-c3noc(C(F)(F)F)n3)cc2)cc1. The normalized spacial score (nSPS) is 15.8. The third kappa shape index (κ3) is 6.38. The predicted molar refractivity (Wildman–Crippen MR) is 131 cm³/mol. The quantitative estimate of drug-likeness (QED) is 0.495. The maximum atomic E-state index is 13.0. The summed E-state index contributed by atoms with van der Waals surface area (Å²) in [6.45, 7) is 0.866. The molecule has 0 aliphatic carbocycles. The van der Waals surface area contributed by atoms with Gasteiger partial charge in [0.1, 0.15) is 0 Å². The molecule has 1 unspecified atom stereocenters. The molecule has 1 aliphatic rings. The Bertz CT molecular complexity index is 1230. The summed E-state index contributed by atoms with van der Waals surface area (Å²) in [6.07, 6.45) is -2.17. The topological polar surface area (TPSA) is 104 Å². The lowest BCUT2D eigenvalue weighted by atomic mass is 10.0. The number of nitrogens with one attached hydrogen (secondary N) is 2. The standard InChI is InChI=1S/C25H27F3N6O3/c1-33(2)19-12-8-17(9-13-19)22(35)29-15-20-5-3-4-14-34(20)24(36)30-18-10-6-16(7-11-18)21-31-23(37-32-21)25(26,27)28/h6-13,20H,3-5,14-15H2,1-2H3,(H,29,35)(H,30,36). The second-order valence-corrected chi connectivity index (χ2v) is 8.92. The number of aromatic nitrogens is 2. The van der Waals surface area contributed by atoms with Crippen molar-refractivity contribution < 1.29 is 27.3 Å². The fourth-order valence-corrected chi connectivity index (χ4v) is 4.06. The molecule has 196 valence electrons. The first-order valence-electron chi connectivity index (χ1n) is 11.8. The van der Waals surface area contributed by atoms with E-state index in [1.54, 1.807) is 29.2 Å². The highest BCUT2D eigenvalue weighted by molar-refractivity contribution is 5.94. The molecule has 12 heteroatoms. The summed E-state index contributed by atoms with van der Waals surface area (Å²) in [5.74, 6) is -1.83. The average Bonchev–Trinajstić information content (AvgIpc) is 3.39. The molecule has 1 aliphatic heterocycles. The average molecular weight is 517 g/mol. The molecular weight excluding hydrogens is 489 g/mol. The molecule has 2 aromatic carbocycles. The van der Waals surface area contributed by atoms with Crippen LogP contribution >= 0.6 is 0 Å². The van der Waals surface area contributed by atoms with E-state index in [0.29, 0.717) is 29.9 Å². The Labute approximate surface area is 211 Å². The number of hydrogen-bond acceptors (Lipinski definition) is 6. The molecule has 1 atom stereocenters. The van der Waals surface area contributed by atoms with Gasteiger partial charge in [-0.25, -0.2) is 4.79 Å². The van der Waals surface area contributed by atoms with Crippen molar-refractivity contribution in [1.29, 1.82) is 0 Å². The number of piperidine rings is 1. The van der Waals surface area contributed by atoms with Crippen LogP contribution in [0.1, 0.15) is 35.5 Å². The van der Waals surface area contributed by atoms with Crippen LogP contribution in [0.2, 0.25) is 0 Å². The maximum absolute atomic E-state index is 13.0. The van der Waals surface area contributed by atoms with Gasteiger partial charge in [-0.15, -0.1) is 0 Å². The Kier molecular flexibility index (Phi) is 7.65. The molecule has 3 aromatic rings. The smallest absolute Gasteiger partial charge is 0.378 e. The summed E-state index contributed by atoms with van der Waals surface area (Å²) < 4.78 is 42.3. The molecule has 2 heterocycles. The zero-order chi connectivity index (χ0) is 26.6. The molecule has 3 amide bonds. The van der Waals surface area contributed by atoms with Crippen LogP contribution in [0, 0.1) is 0 Å². The molecule has 37 heavy (non-hydrogen) atoms. The van der Waals surface area contributed by atoms with E-state index in [1.807, 2.05) is 31.1 Å². The largest absolute Gasteiger partial charge is 0.471 e. The van der Waals surface area contributed by atoms with Gasteiger partial charge in [0.2, 0.25) is 5.82 Å². The van der Waals surface area contributed by atoms with Crippen molar-refractivity contribution in [3.63, 3.8) is 0 Å². The first-order chi connectivity index (χ1) is 17.6. The first-order valence-corrected chi connectivity index (χ1v) is 11.8. The Hall–Kier alpha value is -4.09. The van der Waals surface area contributed by atoms with E-state index in [9.17, 15) is 22.8 Å². The highest BCUT2D eigenvalue weighted by Crippen LogP contribution is 2.29. The highest BCUT2D eigenvalue weighted by Gasteiger charge is 2.38. The molecular formula is C25H27F3N6O3. The van der Waals surface area contributed by atoms with E-state index < -0.39 is 12.1 Å². The van der Waals surface area contributed by atoms with Crippen LogP contribution in [0.5, 0.6) is 0 Å². The monoisotopic (exact) mass is 516 g/mol. The van der Waals surface area contributed by atoms with Gasteiger partial charge in [0.05, 0.1) is 6.04 Å². The van der Waals surface area contributed by atoms with Crippen molar-refractivity contribution >= 4 is 23.3 Å². The summed E-state index contributed by atoms with van der Waals surface area (Å²) in [5.41, 5.74) is 2.31. The number of urea groups is 1. The number of amides is 3. The number of carbonyl (C=O) groups is 2. The van der Waals surface area contributed by atoms with Crippen molar-refractivity contribution in [2.24, 2.45) is 0 Å². The fourth-order valence-electron chi connectivity index (χ4n) is 4.06. The number of halogens is 3. The number of likely N-dealkylation sites (tertiary alicyclic amines) is 1. The molecule has 0 radical (unpaired) electrons. The Balaban J connectivity index is 1.35. The minimum Gasteiger partial charge on any atom is -0.378 e. The molecule has 9 nitrogen and oxygen atoms in total. The Morgan fingerprint density at radius 1 is 1.08 bits per heavy atom. The summed E-state index contributed by atoms with van der Waals surface area (Å²) in [5, 5.41) is 9.10. The lowest BCUT2D eigenvalue weighted by molar-refractivity contribution is -0.159. The minimum absolute atomic E-state index is 0.168. The lowest BCUT2D eigenvalue weighted by Gasteiger charge is -2.35. The predicted octanol–water partition coefficient (Wildman–Crippen LogP) is 4.64. The summed E-state index contributed by atoms with van der Waals surface area (Å²) in [4.78, 5) is 32.6. The van der Waals surface area contributed by atoms with Gasteiger partial charge in [0.25, 0.3) is 5.91 Å². The van der Waals surface area contributed by atoms with Crippen molar-refractivity contribution in [3.05, 3.63) is 60.0 Å². The summed E-state index contributed by atoms with van der Waals surface area (Å²) in [6, 6.07) is 12.9. The van der Waals surface area contributed by atoms with Gasteiger partial charge in [-0.1, -0.05) is 5.16 Å². The highest BCUT2D eigenvalue weighted by atomic mass is 19.4. The van der Waals surface area contributed by atoms with Crippen LogP contribution in [-0.2, 0) is 6.18 Å². The van der Waals surface area contributed by atoms with E-state index >= 15 is 0 Å². The number of alkyl halides is 3. The number of rotatable bonds is 6. The zero-order valence-electron chi connectivity index (χ0n) is 20.4. The number of nitrogens with zero attached hydrogens (tertiary/aromatic N) is 4. The van der Waals surface area contributed by atoms with E-state index in [4.69, 9.17) is 0 Å². The summed E-state index contributed by atoms with van der Waals surface area (Å²) in [7, 11) is 3.85. The summed E-state index contributed by atoms with van der Waals surface area (Å²) >= 11 is 0. The van der Waals surface area contributed by atoms with Gasteiger partial charge < -0.3 is 25.0 Å². The van der Waals surface area contributed by atoms with Gasteiger partial charge in [-0.05, 0) is 67.8 Å². The first kappa shape index (κ1) is 26.0. The van der Waals surface area contributed by atoms with Crippen LogP contribution in [0.25, 0.3) is 11.4 Å². The van der Waals surface area contributed by atoms with Gasteiger partial charge in [0, 0.05) is 49.7 Å². The lowest BCUT2D eigenvalue weighted by Crippen LogP contribution is -2.50. The van der Waals surface area contributed by atoms with Gasteiger partial charge in [-0.2, -0.15) is 18.2 Å². The second kappa shape index (κ2) is 10.9. The minimum atomic E-state index is -4.72. The Morgan fingerprint density at radius 2 is 1.78 bits per heavy atom. The van der Waals surface area contributed by atoms with Crippen LogP contribution in [0.3, 0.4) is 0 Å². The van der Waals surface area contributed by atoms with Crippen LogP contribution < -0.4 is 15.5 Å². The molecule has 0 spiro atoms. The van der Waals surface area contributed by atoms with Crippen LogP contribution in [-0.4, -0.2) is 60.2 Å². The van der Waals surface area contributed by atoms with Crippen LogP contribution in [0.4, 0.5) is 29.3 Å². The van der Waals surface area contributed by atoms with Crippen molar-refractivity contribution in [1.82, 2.24) is 20.4 Å². The van der Waals surface area contributed by atoms with Gasteiger partial charge in [0.15, 0.2) is 0 Å². The zero-order valence-corrected chi connectivity index (χ0v) is 20.4. The van der Waals surface area contributed by atoms with Gasteiger partial charge >= 0.3 is 18.1 Å². The van der Waals surface area contributed by atoms with Crippen LogP contribution in [0.15, 0.2) is 53.1 Å². The molecule has 1 fully saturated rings. The van der Waals surface area contributed by atoms with Crippen molar-refractivity contribution in [3.8, 4) is 11.4 Å². The van der Waals surface area contributed by atoms with Gasteiger partial charge in [-0.3, -0.25) is 4.79 Å². The molecule has 1 saturated heterocycles. The maximum Gasteiger partial charge on any atom is 0.471 e. The van der Waals surface area contributed by atoms with E-state index in [1.165, 1.54) is 12.1 Å². The Morgan fingerprint density at radius 3 is 2.41 bits per heavy atom. The third-order valence-corrected chi connectivity index (χ3v) is 6.10.